The number of nitrogens with zero attached hydrogens (tertiary/aromatic N) is 1. The van der Waals surface area contributed by atoms with Crippen LogP contribution >= 0.6 is 23.2 Å². The number of amides is 1. The van der Waals surface area contributed by atoms with E-state index in [9.17, 15) is 4.79 Å². The Hall–Kier alpha value is -1.51. The van der Waals surface area contributed by atoms with Crippen molar-refractivity contribution in [1.82, 2.24) is 4.90 Å². The molecule has 2 aromatic rings. The van der Waals surface area contributed by atoms with Crippen molar-refractivity contribution in [2.75, 3.05) is 6.54 Å². The third kappa shape index (κ3) is 3.18. The normalized spacial score (nSPS) is 22.0. The number of carbonyl (C=O) groups is 1. The molecule has 126 valence electrons. The summed E-state index contributed by atoms with van der Waals surface area (Å²) in [5.74, 6) is 0.176. The number of hydrogen-bond acceptors (Lipinski definition) is 1. The van der Waals surface area contributed by atoms with Crippen LogP contribution in [0.4, 0.5) is 0 Å². The Morgan fingerprint density at radius 1 is 1.08 bits per heavy atom. The molecule has 0 bridgehead atoms. The Labute approximate surface area is 153 Å². The van der Waals surface area contributed by atoms with Crippen molar-refractivity contribution >= 4 is 29.1 Å². The molecule has 1 aliphatic heterocycles. The van der Waals surface area contributed by atoms with Gasteiger partial charge in [0.2, 0.25) is 5.91 Å². The van der Waals surface area contributed by atoms with Gasteiger partial charge in [-0.1, -0.05) is 66.5 Å². The molecule has 0 aliphatic carbocycles. The molecule has 1 unspecified atom stereocenters. The van der Waals surface area contributed by atoms with E-state index in [-0.39, 0.29) is 11.9 Å². The second kappa shape index (κ2) is 6.78. The molecule has 1 amide bonds. The van der Waals surface area contributed by atoms with Gasteiger partial charge in [-0.05, 0) is 43.0 Å². The number of halogens is 2. The number of hydrogen-bond donors (Lipinski definition) is 0. The fourth-order valence-electron chi connectivity index (χ4n) is 3.46. The van der Waals surface area contributed by atoms with Gasteiger partial charge in [-0.15, -0.1) is 0 Å². The molecule has 24 heavy (non-hydrogen) atoms. The Kier molecular flexibility index (Phi) is 4.89. The van der Waals surface area contributed by atoms with Gasteiger partial charge in [0.05, 0.1) is 11.5 Å². The molecular formula is C20H21Cl2NO. The second-order valence-electron chi connectivity index (χ2n) is 6.77. The number of likely N-dealkylation sites (tertiary alicyclic amines) is 1. The summed E-state index contributed by atoms with van der Waals surface area (Å²) in [6.07, 6.45) is 1.38. The molecule has 0 radical (unpaired) electrons. The average Bonchev–Trinajstić information content (AvgIpc) is 2.87. The van der Waals surface area contributed by atoms with Crippen molar-refractivity contribution in [1.29, 1.82) is 0 Å². The summed E-state index contributed by atoms with van der Waals surface area (Å²) in [6.45, 7) is 4.86. The zero-order chi connectivity index (χ0) is 17.3. The largest absolute Gasteiger partial charge is 0.335 e. The van der Waals surface area contributed by atoms with Gasteiger partial charge in [0.25, 0.3) is 0 Å². The molecule has 3 rings (SSSR count). The molecule has 4 heteroatoms. The molecule has 1 saturated heterocycles. The molecule has 1 heterocycles. The standard InChI is InChI=1S/C20H21Cl2NO/c1-14(15-7-4-3-5-8-15)23-12-11-20(2,19(23)24)13-16-17(21)9-6-10-18(16)22/h3-10,14H,11-13H2,1-2H3/t14-,20?/m1/s1. The summed E-state index contributed by atoms with van der Waals surface area (Å²) < 4.78 is 0. The lowest BCUT2D eigenvalue weighted by Gasteiger charge is -2.28. The summed E-state index contributed by atoms with van der Waals surface area (Å²) in [5.41, 5.74) is 1.56. The van der Waals surface area contributed by atoms with Crippen LogP contribution in [0.3, 0.4) is 0 Å². The van der Waals surface area contributed by atoms with Gasteiger partial charge >= 0.3 is 0 Å². The van der Waals surface area contributed by atoms with Gasteiger partial charge in [0, 0.05) is 16.6 Å². The third-order valence-electron chi connectivity index (χ3n) is 5.06. The summed E-state index contributed by atoms with van der Waals surface area (Å²) in [7, 11) is 0. The Morgan fingerprint density at radius 2 is 1.71 bits per heavy atom. The maximum absolute atomic E-state index is 13.1. The highest BCUT2D eigenvalue weighted by molar-refractivity contribution is 6.36. The molecule has 0 aromatic heterocycles. The van der Waals surface area contributed by atoms with Crippen LogP contribution in [0.5, 0.6) is 0 Å². The molecule has 0 saturated carbocycles. The Bertz CT molecular complexity index is 726. The van der Waals surface area contributed by atoms with E-state index >= 15 is 0 Å². The first-order valence-corrected chi connectivity index (χ1v) is 8.97. The van der Waals surface area contributed by atoms with Crippen molar-refractivity contribution in [2.24, 2.45) is 5.41 Å². The van der Waals surface area contributed by atoms with Crippen molar-refractivity contribution in [3.8, 4) is 0 Å². The smallest absolute Gasteiger partial charge is 0.229 e. The molecule has 0 spiro atoms. The number of carbonyl (C=O) groups excluding carboxylic acids is 1. The van der Waals surface area contributed by atoms with Gasteiger partial charge in [0.15, 0.2) is 0 Å². The SMILES string of the molecule is C[C@H](c1ccccc1)N1CCC(C)(Cc2c(Cl)cccc2Cl)C1=O. The minimum absolute atomic E-state index is 0.0715. The van der Waals surface area contributed by atoms with Crippen molar-refractivity contribution in [3.05, 3.63) is 69.7 Å². The fraction of sp³-hybridized carbons (Fsp3) is 0.350. The van der Waals surface area contributed by atoms with Gasteiger partial charge in [-0.3, -0.25) is 4.79 Å². The molecule has 1 aliphatic rings. The van der Waals surface area contributed by atoms with Crippen LogP contribution in [0, 0.1) is 5.41 Å². The van der Waals surface area contributed by atoms with Gasteiger partial charge < -0.3 is 4.90 Å². The summed E-state index contributed by atoms with van der Waals surface area (Å²) >= 11 is 12.6. The van der Waals surface area contributed by atoms with Crippen molar-refractivity contribution in [3.63, 3.8) is 0 Å². The predicted molar refractivity (Wildman–Crippen MR) is 99.5 cm³/mol. The predicted octanol–water partition coefficient (Wildman–Crippen LogP) is 5.54. The zero-order valence-corrected chi connectivity index (χ0v) is 15.4. The highest BCUT2D eigenvalue weighted by atomic mass is 35.5. The lowest BCUT2D eigenvalue weighted by Crippen LogP contribution is -2.35. The molecule has 2 aromatic carbocycles. The van der Waals surface area contributed by atoms with E-state index < -0.39 is 5.41 Å². The Balaban J connectivity index is 1.82. The number of benzene rings is 2. The molecule has 0 N–H and O–H groups in total. The minimum atomic E-state index is -0.461. The lowest BCUT2D eigenvalue weighted by molar-refractivity contribution is -0.137. The van der Waals surface area contributed by atoms with Crippen LogP contribution in [-0.4, -0.2) is 17.4 Å². The van der Waals surface area contributed by atoms with Crippen LogP contribution in [0.15, 0.2) is 48.5 Å². The van der Waals surface area contributed by atoms with E-state index in [0.717, 1.165) is 24.1 Å². The Morgan fingerprint density at radius 3 is 2.33 bits per heavy atom. The second-order valence-corrected chi connectivity index (χ2v) is 7.59. The zero-order valence-electron chi connectivity index (χ0n) is 13.9. The first-order chi connectivity index (χ1) is 11.4. The van der Waals surface area contributed by atoms with E-state index in [1.807, 2.05) is 48.2 Å². The van der Waals surface area contributed by atoms with E-state index in [1.165, 1.54) is 0 Å². The molecule has 2 nitrogen and oxygen atoms in total. The maximum Gasteiger partial charge on any atom is 0.229 e. The monoisotopic (exact) mass is 361 g/mol. The topological polar surface area (TPSA) is 20.3 Å². The summed E-state index contributed by atoms with van der Waals surface area (Å²) in [4.78, 5) is 15.1. The van der Waals surface area contributed by atoms with E-state index in [1.54, 1.807) is 0 Å². The average molecular weight is 362 g/mol. The van der Waals surface area contributed by atoms with Gasteiger partial charge in [-0.2, -0.15) is 0 Å². The van der Waals surface area contributed by atoms with Gasteiger partial charge in [-0.25, -0.2) is 0 Å². The fourth-order valence-corrected chi connectivity index (χ4v) is 3.99. The first kappa shape index (κ1) is 17.3. The highest BCUT2D eigenvalue weighted by Crippen LogP contribution is 2.41. The van der Waals surface area contributed by atoms with E-state index in [2.05, 4.69) is 19.1 Å². The minimum Gasteiger partial charge on any atom is -0.335 e. The van der Waals surface area contributed by atoms with Crippen LogP contribution in [-0.2, 0) is 11.2 Å². The van der Waals surface area contributed by atoms with E-state index in [4.69, 9.17) is 23.2 Å². The summed E-state index contributed by atoms with van der Waals surface area (Å²) in [6, 6.07) is 15.7. The highest BCUT2D eigenvalue weighted by Gasteiger charge is 2.44. The maximum atomic E-state index is 13.1. The van der Waals surface area contributed by atoms with Crippen LogP contribution in [0.25, 0.3) is 0 Å². The van der Waals surface area contributed by atoms with Crippen molar-refractivity contribution in [2.45, 2.75) is 32.7 Å². The first-order valence-electron chi connectivity index (χ1n) is 8.21. The van der Waals surface area contributed by atoms with E-state index in [0.29, 0.717) is 16.5 Å². The summed E-state index contributed by atoms with van der Waals surface area (Å²) in [5, 5.41) is 1.26. The third-order valence-corrected chi connectivity index (χ3v) is 5.77. The quantitative estimate of drug-likeness (QED) is 0.700. The molecule has 1 fully saturated rings. The van der Waals surface area contributed by atoms with Crippen molar-refractivity contribution < 1.29 is 4.79 Å². The number of rotatable bonds is 4. The lowest BCUT2D eigenvalue weighted by atomic mass is 9.82. The van der Waals surface area contributed by atoms with Crippen LogP contribution in [0.1, 0.15) is 37.4 Å². The molecular weight excluding hydrogens is 341 g/mol. The van der Waals surface area contributed by atoms with Gasteiger partial charge in [0.1, 0.15) is 0 Å². The van der Waals surface area contributed by atoms with Crippen LogP contribution in [0.2, 0.25) is 10.0 Å². The van der Waals surface area contributed by atoms with Crippen LogP contribution < -0.4 is 0 Å². The molecule has 2 atom stereocenters.